The van der Waals surface area contributed by atoms with Gasteiger partial charge in [0, 0.05) is 12.4 Å². The average molecular weight is 350 g/mol. The fourth-order valence-electron chi connectivity index (χ4n) is 1.14. The van der Waals surface area contributed by atoms with E-state index in [1.807, 2.05) is 6.92 Å². The Balaban J connectivity index is 0.00000128. The lowest BCUT2D eigenvalue weighted by Gasteiger charge is -2.05. The van der Waals surface area contributed by atoms with Crippen LogP contribution >= 0.6 is 32.9 Å². The molecule has 2 aromatic rings. The van der Waals surface area contributed by atoms with E-state index in [9.17, 15) is 0 Å². The highest BCUT2D eigenvalue weighted by molar-refractivity contribution is 9.10. The molecule has 0 aliphatic carbocycles. The van der Waals surface area contributed by atoms with Gasteiger partial charge in [0.2, 0.25) is 4.73 Å². The molecule has 86 valence electrons. The molecule has 2 aromatic heterocycles. The van der Waals surface area contributed by atoms with Crippen LogP contribution in [0.25, 0.3) is 5.95 Å². The SMILES string of the molecule is Br.CC(N)c1nc(Br)nn1-c1ncccn1. The van der Waals surface area contributed by atoms with Gasteiger partial charge < -0.3 is 5.73 Å². The molecule has 1 unspecified atom stereocenters. The summed E-state index contributed by atoms with van der Waals surface area (Å²) in [4.78, 5) is 12.3. The Hall–Kier alpha value is -0.860. The van der Waals surface area contributed by atoms with E-state index in [0.29, 0.717) is 16.5 Å². The number of hydrogen-bond donors (Lipinski definition) is 1. The third-order valence-corrected chi connectivity index (χ3v) is 2.09. The maximum absolute atomic E-state index is 5.77. The second-order valence-electron chi connectivity index (χ2n) is 2.99. The van der Waals surface area contributed by atoms with Crippen LogP contribution in [0, 0.1) is 0 Å². The van der Waals surface area contributed by atoms with Gasteiger partial charge in [0.15, 0.2) is 5.82 Å². The van der Waals surface area contributed by atoms with E-state index in [2.05, 4.69) is 36.0 Å². The molecule has 2 N–H and O–H groups in total. The van der Waals surface area contributed by atoms with Crippen molar-refractivity contribution < 1.29 is 0 Å². The summed E-state index contributed by atoms with van der Waals surface area (Å²) in [7, 11) is 0. The van der Waals surface area contributed by atoms with Crippen molar-refractivity contribution in [3.05, 3.63) is 29.0 Å². The highest BCUT2D eigenvalue weighted by Crippen LogP contribution is 2.13. The van der Waals surface area contributed by atoms with Crippen molar-refractivity contribution in [2.75, 3.05) is 0 Å². The first-order valence-corrected chi connectivity index (χ1v) is 5.13. The summed E-state index contributed by atoms with van der Waals surface area (Å²) < 4.78 is 2.00. The standard InChI is InChI=1S/C8H9BrN6.BrH/c1-5(10)6-13-7(9)14-15(6)8-11-3-2-4-12-8;/h2-5H,10H2,1H3;1H. The maximum atomic E-state index is 5.77. The van der Waals surface area contributed by atoms with Crippen LogP contribution in [-0.2, 0) is 0 Å². The number of rotatable bonds is 2. The molecule has 0 amide bonds. The number of nitrogens with two attached hydrogens (primary N) is 1. The number of hydrogen-bond acceptors (Lipinski definition) is 5. The highest BCUT2D eigenvalue weighted by atomic mass is 79.9. The lowest BCUT2D eigenvalue weighted by molar-refractivity contribution is 0.668. The predicted octanol–water partition coefficient (Wildman–Crippen LogP) is 1.42. The van der Waals surface area contributed by atoms with Gasteiger partial charge >= 0.3 is 0 Å². The topological polar surface area (TPSA) is 82.5 Å². The summed E-state index contributed by atoms with van der Waals surface area (Å²) in [5.74, 6) is 1.08. The van der Waals surface area contributed by atoms with Crippen molar-refractivity contribution in [3.8, 4) is 5.95 Å². The monoisotopic (exact) mass is 348 g/mol. The molecule has 0 spiro atoms. The van der Waals surface area contributed by atoms with Crippen molar-refractivity contribution in [3.63, 3.8) is 0 Å². The Morgan fingerprint density at radius 3 is 2.56 bits per heavy atom. The molecule has 16 heavy (non-hydrogen) atoms. The van der Waals surface area contributed by atoms with Crippen LogP contribution in [0.5, 0.6) is 0 Å². The van der Waals surface area contributed by atoms with Gasteiger partial charge in [-0.2, -0.15) is 4.68 Å². The maximum Gasteiger partial charge on any atom is 0.252 e. The van der Waals surface area contributed by atoms with Gasteiger partial charge in [-0.1, -0.05) is 0 Å². The van der Waals surface area contributed by atoms with E-state index in [0.717, 1.165) is 0 Å². The Bertz CT molecular complexity index is 455. The molecular formula is C8H10Br2N6. The Kier molecular flexibility index (Phi) is 4.51. The minimum atomic E-state index is -0.229. The first kappa shape index (κ1) is 13.2. The summed E-state index contributed by atoms with van der Waals surface area (Å²) in [6, 6.07) is 1.51. The number of nitrogens with zero attached hydrogens (tertiary/aromatic N) is 5. The lowest BCUT2D eigenvalue weighted by atomic mass is 10.3. The van der Waals surface area contributed by atoms with Crippen LogP contribution in [-0.4, -0.2) is 24.7 Å². The molecular weight excluding hydrogens is 340 g/mol. The molecule has 0 bridgehead atoms. The molecule has 8 heteroatoms. The second-order valence-corrected chi connectivity index (χ2v) is 3.70. The summed E-state index contributed by atoms with van der Waals surface area (Å²) in [5.41, 5.74) is 5.77. The van der Waals surface area contributed by atoms with Gasteiger partial charge in [0.05, 0.1) is 6.04 Å². The summed E-state index contributed by atoms with van der Waals surface area (Å²) in [6.45, 7) is 1.83. The highest BCUT2D eigenvalue weighted by Gasteiger charge is 2.14. The largest absolute Gasteiger partial charge is 0.322 e. The van der Waals surface area contributed by atoms with Crippen molar-refractivity contribution >= 4 is 32.9 Å². The fourth-order valence-corrected chi connectivity index (χ4v) is 1.48. The number of aromatic nitrogens is 5. The van der Waals surface area contributed by atoms with E-state index in [1.54, 1.807) is 18.5 Å². The Morgan fingerprint density at radius 2 is 2.00 bits per heavy atom. The van der Waals surface area contributed by atoms with Gasteiger partial charge in [-0.3, -0.25) is 0 Å². The van der Waals surface area contributed by atoms with Gasteiger partial charge in [0.25, 0.3) is 5.95 Å². The molecule has 0 saturated heterocycles. The van der Waals surface area contributed by atoms with Crippen LogP contribution < -0.4 is 5.73 Å². The average Bonchev–Trinajstić information content (AvgIpc) is 2.62. The van der Waals surface area contributed by atoms with Gasteiger partial charge in [-0.15, -0.1) is 22.1 Å². The summed E-state index contributed by atoms with van der Waals surface area (Å²) in [6.07, 6.45) is 3.28. The van der Waals surface area contributed by atoms with Crippen LogP contribution in [0.15, 0.2) is 23.2 Å². The predicted molar refractivity (Wildman–Crippen MR) is 67.6 cm³/mol. The molecule has 0 aliphatic rings. The Labute approximate surface area is 111 Å². The van der Waals surface area contributed by atoms with Crippen molar-refractivity contribution in [1.29, 1.82) is 0 Å². The third kappa shape index (κ3) is 2.63. The minimum absolute atomic E-state index is 0. The molecule has 1 atom stereocenters. The zero-order valence-electron chi connectivity index (χ0n) is 8.41. The fraction of sp³-hybridized carbons (Fsp3) is 0.250. The molecule has 0 aromatic carbocycles. The zero-order chi connectivity index (χ0) is 10.8. The van der Waals surface area contributed by atoms with E-state index in [4.69, 9.17) is 5.73 Å². The molecule has 6 nitrogen and oxygen atoms in total. The van der Waals surface area contributed by atoms with Crippen LogP contribution in [0.1, 0.15) is 18.8 Å². The van der Waals surface area contributed by atoms with E-state index < -0.39 is 0 Å². The van der Waals surface area contributed by atoms with Gasteiger partial charge in [-0.05, 0) is 28.9 Å². The van der Waals surface area contributed by atoms with Crippen molar-refractivity contribution in [1.82, 2.24) is 24.7 Å². The van der Waals surface area contributed by atoms with E-state index in [-0.39, 0.29) is 23.0 Å². The molecule has 0 fully saturated rings. The van der Waals surface area contributed by atoms with Crippen molar-refractivity contribution in [2.24, 2.45) is 5.73 Å². The molecule has 2 rings (SSSR count). The smallest absolute Gasteiger partial charge is 0.252 e. The van der Waals surface area contributed by atoms with Gasteiger partial charge in [0.1, 0.15) is 0 Å². The minimum Gasteiger partial charge on any atom is -0.322 e. The van der Waals surface area contributed by atoms with E-state index >= 15 is 0 Å². The van der Waals surface area contributed by atoms with E-state index in [1.165, 1.54) is 4.68 Å². The van der Waals surface area contributed by atoms with Crippen LogP contribution in [0.3, 0.4) is 0 Å². The summed E-state index contributed by atoms with van der Waals surface area (Å²) in [5, 5.41) is 4.12. The second kappa shape index (κ2) is 5.46. The third-order valence-electron chi connectivity index (χ3n) is 1.76. The Morgan fingerprint density at radius 1 is 1.38 bits per heavy atom. The molecule has 0 radical (unpaired) electrons. The molecule has 2 heterocycles. The quantitative estimate of drug-likeness (QED) is 0.886. The van der Waals surface area contributed by atoms with Crippen LogP contribution in [0.2, 0.25) is 0 Å². The van der Waals surface area contributed by atoms with Crippen LogP contribution in [0.4, 0.5) is 0 Å². The number of halogens is 2. The molecule has 0 aliphatic heterocycles. The zero-order valence-corrected chi connectivity index (χ0v) is 11.7. The molecule has 0 saturated carbocycles. The first-order chi connectivity index (χ1) is 7.18. The normalized spacial score (nSPS) is 11.9. The first-order valence-electron chi connectivity index (χ1n) is 4.34. The summed E-state index contributed by atoms with van der Waals surface area (Å²) >= 11 is 3.19. The van der Waals surface area contributed by atoms with Crippen molar-refractivity contribution in [2.45, 2.75) is 13.0 Å². The lowest BCUT2D eigenvalue weighted by Crippen LogP contribution is -2.14. The van der Waals surface area contributed by atoms with Gasteiger partial charge in [-0.25, -0.2) is 15.0 Å².